The van der Waals surface area contributed by atoms with E-state index >= 15 is 0 Å². The van der Waals surface area contributed by atoms with Gasteiger partial charge in [0.15, 0.2) is 0 Å². The molecule has 4 N–H and O–H groups in total. The fraction of sp³-hybridized carbons (Fsp3) is 0.974. The van der Waals surface area contributed by atoms with Crippen LogP contribution in [0.5, 0.6) is 0 Å². The topological polar surface area (TPSA) is 98.0 Å². The van der Waals surface area contributed by atoms with E-state index in [1.807, 2.05) is 0 Å². The first-order valence-corrected chi connectivity index (χ1v) is 19.7. The van der Waals surface area contributed by atoms with Crippen LogP contribution >= 0.6 is 0 Å². The van der Waals surface area contributed by atoms with Crippen molar-refractivity contribution in [2.75, 3.05) is 6.61 Å². The quantitative estimate of drug-likeness (QED) is 0.0523. The Bertz CT molecular complexity index is 527. The van der Waals surface area contributed by atoms with Crippen molar-refractivity contribution >= 4 is 5.97 Å². The summed E-state index contributed by atoms with van der Waals surface area (Å²) >= 11 is 0. The maximum Gasteiger partial charge on any atom is 0.303 e. The number of carboxylic acid groups (broad SMARTS) is 1. The van der Waals surface area contributed by atoms with Crippen LogP contribution in [-0.2, 0) is 4.79 Å². The molecule has 44 heavy (non-hydrogen) atoms. The minimum absolute atomic E-state index is 0.345. The maximum atomic E-state index is 10.3. The van der Waals surface area contributed by atoms with Gasteiger partial charge in [-0.25, -0.2) is 0 Å². The van der Waals surface area contributed by atoms with Gasteiger partial charge in [0.25, 0.3) is 0 Å². The fourth-order valence-corrected chi connectivity index (χ4v) is 5.86. The Morgan fingerprint density at radius 3 is 0.909 bits per heavy atom. The van der Waals surface area contributed by atoms with Gasteiger partial charge < -0.3 is 20.4 Å². The van der Waals surface area contributed by atoms with E-state index in [1.54, 1.807) is 0 Å². The molecule has 0 radical (unpaired) electrons. The van der Waals surface area contributed by atoms with E-state index in [-0.39, 0.29) is 6.61 Å². The number of carboxylic acids is 1. The van der Waals surface area contributed by atoms with Crippen LogP contribution in [0.3, 0.4) is 0 Å². The van der Waals surface area contributed by atoms with Crippen molar-refractivity contribution in [3.8, 4) is 0 Å². The minimum Gasteiger partial charge on any atom is -0.481 e. The first kappa shape index (κ1) is 45.5. The van der Waals surface area contributed by atoms with Crippen molar-refractivity contribution in [3.63, 3.8) is 0 Å². The van der Waals surface area contributed by atoms with Crippen molar-refractivity contribution in [2.24, 2.45) is 0 Å². The fourth-order valence-electron chi connectivity index (χ4n) is 5.86. The molecule has 0 aliphatic carbocycles. The third kappa shape index (κ3) is 41.4. The zero-order chi connectivity index (χ0) is 32.8. The maximum absolute atomic E-state index is 10.3. The van der Waals surface area contributed by atoms with Gasteiger partial charge in [-0.05, 0) is 12.8 Å². The predicted molar refractivity (Wildman–Crippen MR) is 190 cm³/mol. The first-order chi connectivity index (χ1) is 21.5. The van der Waals surface area contributed by atoms with Crippen LogP contribution < -0.4 is 0 Å². The Hall–Kier alpha value is -0.650. The van der Waals surface area contributed by atoms with E-state index in [9.17, 15) is 15.0 Å². The zero-order valence-electron chi connectivity index (χ0n) is 29.9. The summed E-state index contributed by atoms with van der Waals surface area (Å²) in [7, 11) is 0. The van der Waals surface area contributed by atoms with Crippen LogP contribution in [0.4, 0.5) is 0 Å². The number of hydrogen-bond acceptors (Lipinski definition) is 4. The molecule has 0 aliphatic heterocycles. The standard InChI is InChI=1S/C21H44O3.C18H36O2/c1-2-3-4-5-6-7-8-9-10-11-12-13-14-15-16-17-18-20(23)21(24)19-22;1-2-3-4-5-6-7-8-9-10-11-12-13-14-15-16-17-18(19)20/h20-24H,2-19H2,1H3;2-17H2,1H3,(H,19,20). The first-order valence-electron chi connectivity index (χ1n) is 19.7. The van der Waals surface area contributed by atoms with Gasteiger partial charge in [0.2, 0.25) is 0 Å². The summed E-state index contributed by atoms with van der Waals surface area (Å²) in [4.78, 5) is 10.3. The van der Waals surface area contributed by atoms with Gasteiger partial charge in [0, 0.05) is 6.42 Å². The summed E-state index contributed by atoms with van der Waals surface area (Å²) in [6.07, 6.45) is 40.4. The van der Waals surface area contributed by atoms with Crippen LogP contribution in [0.1, 0.15) is 226 Å². The number of rotatable bonds is 35. The lowest BCUT2D eigenvalue weighted by molar-refractivity contribution is -0.137. The average Bonchev–Trinajstić information content (AvgIpc) is 3.02. The molecule has 0 saturated carbocycles. The number of aliphatic carboxylic acids is 1. The smallest absolute Gasteiger partial charge is 0.303 e. The van der Waals surface area contributed by atoms with Crippen molar-refractivity contribution < 1.29 is 25.2 Å². The summed E-state index contributed by atoms with van der Waals surface area (Å²) in [6, 6.07) is 0. The monoisotopic (exact) mass is 629 g/mol. The van der Waals surface area contributed by atoms with E-state index < -0.39 is 18.2 Å². The lowest BCUT2D eigenvalue weighted by atomic mass is 10.0. The highest BCUT2D eigenvalue weighted by Crippen LogP contribution is 2.16. The van der Waals surface area contributed by atoms with Gasteiger partial charge in [0.1, 0.15) is 6.10 Å². The summed E-state index contributed by atoms with van der Waals surface area (Å²) in [5, 5.41) is 36.0. The summed E-state index contributed by atoms with van der Waals surface area (Å²) in [5.74, 6) is -0.653. The van der Waals surface area contributed by atoms with Gasteiger partial charge in [0.05, 0.1) is 12.7 Å². The molecule has 0 spiro atoms. The number of unbranched alkanes of at least 4 members (excludes halogenated alkanes) is 29. The molecule has 0 amide bonds. The van der Waals surface area contributed by atoms with E-state index in [2.05, 4.69) is 13.8 Å². The second-order valence-electron chi connectivity index (χ2n) is 13.5. The molecule has 2 atom stereocenters. The van der Waals surface area contributed by atoms with E-state index in [0.29, 0.717) is 12.8 Å². The SMILES string of the molecule is CCCCCCCCCCCCCCCCCC(=O)O.CCCCCCCCCCCCCCCCCCC(O)C(O)CO. The van der Waals surface area contributed by atoms with Crippen LogP contribution in [0.15, 0.2) is 0 Å². The van der Waals surface area contributed by atoms with E-state index in [4.69, 9.17) is 10.2 Å². The lowest BCUT2D eigenvalue weighted by Gasteiger charge is -2.14. The molecule has 266 valence electrons. The molecular weight excluding hydrogens is 548 g/mol. The van der Waals surface area contributed by atoms with Crippen LogP contribution in [0.2, 0.25) is 0 Å². The van der Waals surface area contributed by atoms with Crippen molar-refractivity contribution in [3.05, 3.63) is 0 Å². The van der Waals surface area contributed by atoms with Crippen molar-refractivity contribution in [1.82, 2.24) is 0 Å². The van der Waals surface area contributed by atoms with Crippen LogP contribution in [0, 0.1) is 0 Å². The van der Waals surface area contributed by atoms with Gasteiger partial charge in [-0.2, -0.15) is 0 Å². The van der Waals surface area contributed by atoms with Gasteiger partial charge >= 0.3 is 5.97 Å². The normalized spacial score (nSPS) is 12.6. The highest BCUT2D eigenvalue weighted by Gasteiger charge is 2.13. The lowest BCUT2D eigenvalue weighted by Crippen LogP contribution is -2.28. The molecule has 5 nitrogen and oxygen atoms in total. The number of aliphatic hydroxyl groups excluding tert-OH is 3. The molecule has 0 aromatic heterocycles. The van der Waals surface area contributed by atoms with Crippen LogP contribution in [-0.4, -0.2) is 45.2 Å². The average molecular weight is 629 g/mol. The zero-order valence-corrected chi connectivity index (χ0v) is 29.9. The Labute approximate surface area is 275 Å². The summed E-state index contributed by atoms with van der Waals surface area (Å²) < 4.78 is 0. The Kier molecular flexibility index (Phi) is 41.7. The molecule has 0 bridgehead atoms. The molecule has 0 heterocycles. The minimum atomic E-state index is -0.971. The molecule has 5 heteroatoms. The Morgan fingerprint density at radius 1 is 0.409 bits per heavy atom. The largest absolute Gasteiger partial charge is 0.481 e. The molecule has 0 saturated heterocycles. The number of carbonyl (C=O) groups is 1. The second-order valence-corrected chi connectivity index (χ2v) is 13.5. The number of hydrogen-bond donors (Lipinski definition) is 4. The van der Waals surface area contributed by atoms with Gasteiger partial charge in [-0.1, -0.05) is 206 Å². The van der Waals surface area contributed by atoms with Gasteiger partial charge in [-0.3, -0.25) is 4.79 Å². The third-order valence-electron chi connectivity index (χ3n) is 8.98. The molecular formula is C39H80O5. The molecule has 0 rings (SSSR count). The molecule has 0 aromatic carbocycles. The van der Waals surface area contributed by atoms with Crippen LogP contribution in [0.25, 0.3) is 0 Å². The summed E-state index contributed by atoms with van der Waals surface area (Å²) in [5.41, 5.74) is 0. The molecule has 2 unspecified atom stereocenters. The van der Waals surface area contributed by atoms with E-state index in [0.717, 1.165) is 25.7 Å². The highest BCUT2D eigenvalue weighted by atomic mass is 16.4. The van der Waals surface area contributed by atoms with Crippen molar-refractivity contribution in [1.29, 1.82) is 0 Å². The third-order valence-corrected chi connectivity index (χ3v) is 8.98. The van der Waals surface area contributed by atoms with Crippen molar-refractivity contribution in [2.45, 2.75) is 238 Å². The molecule has 0 fully saturated rings. The number of aliphatic hydroxyl groups is 3. The molecule has 0 aromatic rings. The predicted octanol–water partition coefficient (Wildman–Crippen LogP) is 11.7. The van der Waals surface area contributed by atoms with E-state index in [1.165, 1.54) is 173 Å². The molecule has 0 aliphatic rings. The highest BCUT2D eigenvalue weighted by molar-refractivity contribution is 5.66. The second kappa shape index (κ2) is 40.4. The summed E-state index contributed by atoms with van der Waals surface area (Å²) in [6.45, 7) is 4.20. The Morgan fingerprint density at radius 2 is 0.659 bits per heavy atom. The van der Waals surface area contributed by atoms with Gasteiger partial charge in [-0.15, -0.1) is 0 Å². The Balaban J connectivity index is 0.